The maximum Gasteiger partial charge on any atom is 0.0724 e. The minimum Gasteiger partial charge on any atom is -0.379 e. The van der Waals surface area contributed by atoms with E-state index in [0.717, 1.165) is 69.7 Å². The molecule has 204 valence electrons. The Kier molecular flexibility index (Phi) is 17.9. The second-order valence-electron chi connectivity index (χ2n) is 8.46. The quantitative estimate of drug-likeness (QED) is 0.129. The van der Waals surface area contributed by atoms with Crippen molar-refractivity contribution < 1.29 is 28.4 Å². The lowest BCUT2D eigenvalue weighted by Gasteiger charge is -2.14. The van der Waals surface area contributed by atoms with Crippen molar-refractivity contribution in [2.24, 2.45) is 0 Å². The van der Waals surface area contributed by atoms with Crippen LogP contribution in [0.15, 0.2) is 33.2 Å². The molecule has 2 aromatic rings. The largest absolute Gasteiger partial charge is 0.379 e. The molecule has 2 rings (SSSR count). The summed E-state index contributed by atoms with van der Waals surface area (Å²) in [5, 5.41) is 2.30. The van der Waals surface area contributed by atoms with Gasteiger partial charge in [0.15, 0.2) is 0 Å². The first-order valence-corrected chi connectivity index (χ1v) is 14.6. The summed E-state index contributed by atoms with van der Waals surface area (Å²) in [5.41, 5.74) is 2.27. The van der Waals surface area contributed by atoms with Gasteiger partial charge >= 0.3 is 0 Å². The molecule has 36 heavy (non-hydrogen) atoms. The van der Waals surface area contributed by atoms with Crippen molar-refractivity contribution in [2.75, 3.05) is 66.1 Å². The van der Waals surface area contributed by atoms with Crippen molar-refractivity contribution >= 4 is 42.6 Å². The number of hydrogen-bond acceptors (Lipinski definition) is 6. The highest BCUT2D eigenvalue weighted by molar-refractivity contribution is 9.13. The average molecular weight is 634 g/mol. The van der Waals surface area contributed by atoms with E-state index >= 15 is 0 Å². The van der Waals surface area contributed by atoms with Crippen LogP contribution in [0, 0.1) is 0 Å². The van der Waals surface area contributed by atoms with E-state index < -0.39 is 0 Å². The summed E-state index contributed by atoms with van der Waals surface area (Å²) in [6.45, 7) is 11.6. The van der Waals surface area contributed by atoms with Crippen LogP contribution in [0.4, 0.5) is 0 Å². The van der Waals surface area contributed by atoms with Crippen molar-refractivity contribution in [1.29, 1.82) is 0 Å². The lowest BCUT2D eigenvalue weighted by atomic mass is 10.0. The van der Waals surface area contributed by atoms with Crippen LogP contribution in [0.5, 0.6) is 0 Å². The lowest BCUT2D eigenvalue weighted by Crippen LogP contribution is -2.10. The Bertz CT molecular complexity index is 780. The van der Waals surface area contributed by atoms with Gasteiger partial charge in [0.2, 0.25) is 0 Å². The lowest BCUT2D eigenvalue weighted by molar-refractivity contribution is 0.0100. The highest BCUT2D eigenvalue weighted by atomic mass is 79.9. The van der Waals surface area contributed by atoms with Crippen LogP contribution in [-0.4, -0.2) is 66.1 Å². The Hall–Kier alpha value is -0.580. The van der Waals surface area contributed by atoms with Gasteiger partial charge in [0.1, 0.15) is 0 Å². The fourth-order valence-electron chi connectivity index (χ4n) is 3.45. The molecule has 2 aromatic carbocycles. The third-order valence-electron chi connectivity index (χ3n) is 5.53. The minimum absolute atomic E-state index is 0.524. The molecule has 0 saturated heterocycles. The Morgan fingerprint density at radius 3 is 1.19 bits per heavy atom. The van der Waals surface area contributed by atoms with E-state index in [1.807, 2.05) is 0 Å². The Balaban J connectivity index is 1.76. The number of ether oxygens (including phenoxy) is 6. The maximum absolute atomic E-state index is 5.90. The zero-order valence-electron chi connectivity index (χ0n) is 21.8. The number of rotatable bonds is 22. The summed E-state index contributed by atoms with van der Waals surface area (Å²) in [4.78, 5) is 0. The summed E-state index contributed by atoms with van der Waals surface area (Å²) >= 11 is 7.28. The van der Waals surface area contributed by atoms with Gasteiger partial charge in [0, 0.05) is 22.2 Å². The van der Waals surface area contributed by atoms with E-state index in [-0.39, 0.29) is 0 Å². The van der Waals surface area contributed by atoms with Crippen LogP contribution in [-0.2, 0) is 41.6 Å². The zero-order valence-corrected chi connectivity index (χ0v) is 25.0. The van der Waals surface area contributed by atoms with Gasteiger partial charge in [-0.1, -0.05) is 38.8 Å². The molecular formula is C28H42Br2O6. The number of benzene rings is 2. The molecule has 0 aliphatic heterocycles. The highest BCUT2D eigenvalue weighted by Gasteiger charge is 2.10. The molecule has 0 saturated carbocycles. The van der Waals surface area contributed by atoms with E-state index in [1.54, 1.807) is 0 Å². The molecule has 0 atom stereocenters. The third kappa shape index (κ3) is 12.8. The molecule has 0 radical (unpaired) electrons. The molecule has 0 aliphatic rings. The van der Waals surface area contributed by atoms with Crippen molar-refractivity contribution in [2.45, 2.75) is 52.7 Å². The molecule has 0 amide bonds. The van der Waals surface area contributed by atoms with E-state index in [9.17, 15) is 0 Å². The predicted molar refractivity (Wildman–Crippen MR) is 152 cm³/mol. The van der Waals surface area contributed by atoms with Gasteiger partial charge < -0.3 is 28.4 Å². The fourth-order valence-corrected chi connectivity index (χ4v) is 4.13. The van der Waals surface area contributed by atoms with E-state index in [0.29, 0.717) is 66.1 Å². The van der Waals surface area contributed by atoms with Crippen molar-refractivity contribution in [1.82, 2.24) is 0 Å². The van der Waals surface area contributed by atoms with Crippen LogP contribution in [0.1, 0.15) is 50.7 Å². The van der Waals surface area contributed by atoms with Crippen molar-refractivity contribution in [3.8, 4) is 0 Å². The second-order valence-corrected chi connectivity index (χ2v) is 10.2. The molecule has 0 unspecified atom stereocenters. The van der Waals surface area contributed by atoms with Crippen molar-refractivity contribution in [3.63, 3.8) is 0 Å². The fraction of sp³-hybridized carbons (Fsp3) is 0.643. The van der Waals surface area contributed by atoms with Crippen LogP contribution >= 0.6 is 31.9 Å². The minimum atomic E-state index is 0.524. The first kappa shape index (κ1) is 31.6. The molecule has 8 heteroatoms. The zero-order chi connectivity index (χ0) is 25.8. The molecule has 0 spiro atoms. The number of unbranched alkanes of at least 4 members (excludes halogenated alkanes) is 2. The number of hydrogen-bond donors (Lipinski definition) is 0. The SMILES string of the molecule is CCCCOCCOCCOCc1ccc(COCCOCCOCCCC)c2cc(Br)c(Br)cc12. The second kappa shape index (κ2) is 20.4. The molecule has 0 N–H and O–H groups in total. The summed E-state index contributed by atoms with van der Waals surface area (Å²) in [5.74, 6) is 0. The standard InChI is InChI=1S/C28H42Br2O6/c1-3-5-9-31-11-13-33-15-17-35-21-23-7-8-24(26-20-28(30)27(29)19-25(23)26)22-36-18-16-34-14-12-32-10-6-4-2/h7-8,19-20H,3-6,9-18,21-22H2,1-2H3. The average Bonchev–Trinajstić information content (AvgIpc) is 2.88. The van der Waals surface area contributed by atoms with Crippen LogP contribution < -0.4 is 0 Å². The molecular weight excluding hydrogens is 592 g/mol. The highest BCUT2D eigenvalue weighted by Crippen LogP contribution is 2.33. The monoisotopic (exact) mass is 632 g/mol. The summed E-state index contributed by atoms with van der Waals surface area (Å²) < 4.78 is 36.0. The third-order valence-corrected chi connectivity index (χ3v) is 7.37. The predicted octanol–water partition coefficient (Wildman–Crippen LogP) is 7.06. The molecule has 0 fully saturated rings. The van der Waals surface area contributed by atoms with Gasteiger partial charge in [-0.25, -0.2) is 0 Å². The summed E-state index contributed by atoms with van der Waals surface area (Å²) in [6.07, 6.45) is 4.49. The molecule has 6 nitrogen and oxygen atoms in total. The van der Waals surface area contributed by atoms with Gasteiger partial charge in [-0.2, -0.15) is 0 Å². The smallest absolute Gasteiger partial charge is 0.0724 e. The van der Waals surface area contributed by atoms with E-state index in [1.165, 1.54) is 0 Å². The molecule has 0 aliphatic carbocycles. The Morgan fingerprint density at radius 1 is 0.500 bits per heavy atom. The molecule has 0 heterocycles. The molecule has 0 bridgehead atoms. The first-order valence-electron chi connectivity index (χ1n) is 13.0. The van der Waals surface area contributed by atoms with Gasteiger partial charge in [0.05, 0.1) is 66.1 Å². The maximum atomic E-state index is 5.90. The van der Waals surface area contributed by atoms with E-state index in [4.69, 9.17) is 28.4 Å². The Labute approximate surface area is 233 Å². The normalized spacial score (nSPS) is 11.6. The van der Waals surface area contributed by atoms with Crippen molar-refractivity contribution in [3.05, 3.63) is 44.3 Å². The van der Waals surface area contributed by atoms with E-state index in [2.05, 4.69) is 70.0 Å². The Morgan fingerprint density at radius 2 is 0.833 bits per heavy atom. The topological polar surface area (TPSA) is 55.4 Å². The molecule has 0 aromatic heterocycles. The summed E-state index contributed by atoms with van der Waals surface area (Å²) in [6, 6.07) is 8.50. The van der Waals surface area contributed by atoms with Crippen LogP contribution in [0.25, 0.3) is 10.8 Å². The van der Waals surface area contributed by atoms with Crippen LogP contribution in [0.2, 0.25) is 0 Å². The number of halogens is 2. The van der Waals surface area contributed by atoms with Gasteiger partial charge in [-0.15, -0.1) is 0 Å². The summed E-state index contributed by atoms with van der Waals surface area (Å²) in [7, 11) is 0. The first-order chi connectivity index (χ1) is 17.7. The van der Waals surface area contributed by atoms with Gasteiger partial charge in [0.25, 0.3) is 0 Å². The van der Waals surface area contributed by atoms with Gasteiger partial charge in [-0.3, -0.25) is 0 Å². The van der Waals surface area contributed by atoms with Crippen LogP contribution in [0.3, 0.4) is 0 Å². The number of fused-ring (bicyclic) bond motifs is 1. The van der Waals surface area contributed by atoms with Gasteiger partial charge in [-0.05, 0) is 78.7 Å².